The summed E-state index contributed by atoms with van der Waals surface area (Å²) in [6.07, 6.45) is 4.83. The van der Waals surface area contributed by atoms with E-state index in [0.717, 1.165) is 11.1 Å². The second kappa shape index (κ2) is 7.52. The number of benzene rings is 1. The highest BCUT2D eigenvalue weighted by Crippen LogP contribution is 2.29. The predicted octanol–water partition coefficient (Wildman–Crippen LogP) is 2.84. The van der Waals surface area contributed by atoms with Crippen LogP contribution in [0.2, 0.25) is 0 Å². The summed E-state index contributed by atoms with van der Waals surface area (Å²) in [6, 6.07) is 6.48. The molecule has 5 rings (SSSR count). The molecule has 2 N–H and O–H groups in total. The van der Waals surface area contributed by atoms with Crippen molar-refractivity contribution in [3.05, 3.63) is 59.9 Å². The highest BCUT2D eigenvalue weighted by atomic mass is 32.2. The van der Waals surface area contributed by atoms with Crippen LogP contribution in [-0.2, 0) is 9.73 Å². The number of amides is 1. The number of anilines is 2. The number of imidazole rings is 1. The van der Waals surface area contributed by atoms with Gasteiger partial charge in [0.25, 0.3) is 5.91 Å². The predicted molar refractivity (Wildman–Crippen MR) is 120 cm³/mol. The second-order valence-electron chi connectivity index (χ2n) is 7.78. The summed E-state index contributed by atoms with van der Waals surface area (Å²) in [5, 5.41) is 11.6. The van der Waals surface area contributed by atoms with Crippen LogP contribution >= 0.6 is 0 Å². The van der Waals surface area contributed by atoms with E-state index in [9.17, 15) is 13.4 Å². The molecule has 0 radical (unpaired) electrons. The van der Waals surface area contributed by atoms with Crippen LogP contribution < -0.4 is 10.2 Å². The number of pyridine rings is 1. The fraction of sp³-hybridized carbons (Fsp3) is 0.238. The normalized spacial score (nSPS) is 15.9. The van der Waals surface area contributed by atoms with Gasteiger partial charge in [0.15, 0.2) is 11.5 Å². The number of hydrogen-bond donors (Lipinski definition) is 2. The van der Waals surface area contributed by atoms with Crippen molar-refractivity contribution in [1.29, 1.82) is 4.78 Å². The van der Waals surface area contributed by atoms with Gasteiger partial charge in [0.1, 0.15) is 5.52 Å². The highest BCUT2D eigenvalue weighted by Gasteiger charge is 2.23. The summed E-state index contributed by atoms with van der Waals surface area (Å²) >= 11 is 0. The van der Waals surface area contributed by atoms with Crippen LogP contribution in [0.5, 0.6) is 0 Å². The maximum absolute atomic E-state index is 14.4. The van der Waals surface area contributed by atoms with E-state index in [-0.39, 0.29) is 5.65 Å². The first-order valence-electron chi connectivity index (χ1n) is 10.0. The third kappa shape index (κ3) is 3.64. The second-order valence-corrected chi connectivity index (χ2v) is 10.2. The third-order valence-electron chi connectivity index (χ3n) is 5.51. The summed E-state index contributed by atoms with van der Waals surface area (Å²) in [7, 11) is -2.52. The maximum atomic E-state index is 14.4. The molecular weight excluding hydrogens is 433 g/mol. The van der Waals surface area contributed by atoms with Crippen molar-refractivity contribution in [3.63, 3.8) is 0 Å². The van der Waals surface area contributed by atoms with Gasteiger partial charge in [-0.25, -0.2) is 13.6 Å². The maximum Gasteiger partial charge on any atom is 0.257 e. The summed E-state index contributed by atoms with van der Waals surface area (Å²) in [5.41, 5.74) is 2.73. The largest absolute Gasteiger partial charge is 0.369 e. The molecule has 1 aromatic carbocycles. The topological polar surface area (TPSA) is 116 Å². The zero-order chi connectivity index (χ0) is 22.5. The van der Waals surface area contributed by atoms with Crippen LogP contribution in [0.4, 0.5) is 15.8 Å². The van der Waals surface area contributed by atoms with E-state index in [1.807, 2.05) is 11.0 Å². The molecule has 1 aliphatic rings. The molecule has 164 valence electrons. The number of nitrogens with zero attached hydrogens (tertiary/aromatic N) is 5. The molecule has 1 fully saturated rings. The fourth-order valence-corrected chi connectivity index (χ4v) is 5.18. The average Bonchev–Trinajstić information content (AvgIpc) is 3.14. The van der Waals surface area contributed by atoms with Crippen LogP contribution in [0.15, 0.2) is 42.9 Å². The smallest absolute Gasteiger partial charge is 0.257 e. The monoisotopic (exact) mass is 453 g/mol. The van der Waals surface area contributed by atoms with E-state index < -0.39 is 21.5 Å². The minimum Gasteiger partial charge on any atom is -0.369 e. The molecule has 1 aliphatic heterocycles. The summed E-state index contributed by atoms with van der Waals surface area (Å²) in [5.74, 6) is -0.369. The molecular formula is C21H20FN7O2S. The van der Waals surface area contributed by atoms with Gasteiger partial charge in [0.05, 0.1) is 23.1 Å². The van der Waals surface area contributed by atoms with E-state index in [4.69, 9.17) is 4.78 Å². The number of carbonyl (C=O) groups excluding carboxylic acids is 1. The van der Waals surface area contributed by atoms with Crippen molar-refractivity contribution in [2.45, 2.75) is 6.92 Å². The number of fused-ring (bicyclic) bond motifs is 2. The van der Waals surface area contributed by atoms with Gasteiger partial charge in [0.2, 0.25) is 0 Å². The lowest BCUT2D eigenvalue weighted by molar-refractivity contribution is 0.102. The highest BCUT2D eigenvalue weighted by molar-refractivity contribution is 7.92. The van der Waals surface area contributed by atoms with Crippen molar-refractivity contribution in [2.75, 3.05) is 34.8 Å². The van der Waals surface area contributed by atoms with Crippen LogP contribution in [0, 0.1) is 17.5 Å². The van der Waals surface area contributed by atoms with E-state index >= 15 is 0 Å². The van der Waals surface area contributed by atoms with Crippen molar-refractivity contribution < 1.29 is 13.4 Å². The van der Waals surface area contributed by atoms with Crippen LogP contribution in [0.25, 0.3) is 16.6 Å². The van der Waals surface area contributed by atoms with Gasteiger partial charge in [-0.2, -0.15) is 5.10 Å². The number of rotatable bonds is 3. The molecule has 1 amide bonds. The number of hydrogen-bond acceptors (Lipinski definition) is 7. The van der Waals surface area contributed by atoms with Gasteiger partial charge in [-0.1, -0.05) is 0 Å². The molecule has 32 heavy (non-hydrogen) atoms. The van der Waals surface area contributed by atoms with E-state index in [2.05, 4.69) is 20.5 Å². The molecule has 0 saturated carbocycles. The van der Waals surface area contributed by atoms with Crippen molar-refractivity contribution in [3.8, 4) is 0 Å². The lowest BCUT2D eigenvalue weighted by atomic mass is 10.1. The van der Waals surface area contributed by atoms with E-state index in [0.29, 0.717) is 47.1 Å². The number of nitrogens with one attached hydrogen (secondary N) is 2. The van der Waals surface area contributed by atoms with Gasteiger partial charge < -0.3 is 14.6 Å². The molecule has 0 spiro atoms. The van der Waals surface area contributed by atoms with Crippen LogP contribution in [0.1, 0.15) is 16.1 Å². The molecule has 3 aromatic heterocycles. The first-order chi connectivity index (χ1) is 15.3. The van der Waals surface area contributed by atoms with Gasteiger partial charge in [-0.3, -0.25) is 9.57 Å². The molecule has 11 heteroatoms. The number of carbonyl (C=O) groups is 1. The molecule has 0 atom stereocenters. The molecule has 0 aliphatic carbocycles. The van der Waals surface area contributed by atoms with Gasteiger partial charge in [-0.05, 0) is 25.1 Å². The lowest BCUT2D eigenvalue weighted by Gasteiger charge is -2.31. The van der Waals surface area contributed by atoms with Gasteiger partial charge >= 0.3 is 0 Å². The minimum absolute atomic E-state index is 0.194. The molecule has 0 bridgehead atoms. The van der Waals surface area contributed by atoms with Crippen molar-refractivity contribution in [1.82, 2.24) is 19.6 Å². The molecule has 4 heterocycles. The lowest BCUT2D eigenvalue weighted by Crippen LogP contribution is -2.39. The Balaban J connectivity index is 1.49. The van der Waals surface area contributed by atoms with Crippen LogP contribution in [0.3, 0.4) is 0 Å². The summed E-state index contributed by atoms with van der Waals surface area (Å²) < 4.78 is 35.7. The van der Waals surface area contributed by atoms with Gasteiger partial charge in [-0.15, -0.1) is 5.10 Å². The molecule has 9 nitrogen and oxygen atoms in total. The van der Waals surface area contributed by atoms with Gasteiger partial charge in [0, 0.05) is 63.9 Å². The Kier molecular flexibility index (Phi) is 4.77. The van der Waals surface area contributed by atoms with E-state index in [1.54, 1.807) is 37.6 Å². The quantitative estimate of drug-likeness (QED) is 0.493. The summed E-state index contributed by atoms with van der Waals surface area (Å²) in [6.45, 7) is 2.76. The van der Waals surface area contributed by atoms with Crippen LogP contribution in [-0.4, -0.2) is 54.3 Å². The van der Waals surface area contributed by atoms with Crippen molar-refractivity contribution in [2.24, 2.45) is 0 Å². The molecule has 4 aromatic rings. The Hall–Kier alpha value is -3.60. The first kappa shape index (κ1) is 20.3. The molecule has 1 saturated heterocycles. The standard InChI is InChI=1S/C21H20FN7O2S/c1-13-11-29-12-14(10-17(22)20(29)25-13)26-21(30)16-2-3-18(15-4-5-24-27-19(15)16)28-6-8-32(23,31)9-7-28/h2-5,10-12,23H,6-9H2,1H3,(H,26,30). The Bertz CT molecular complexity index is 1470. The zero-order valence-electron chi connectivity index (χ0n) is 17.2. The number of aromatic nitrogens is 4. The Morgan fingerprint density at radius 2 is 2.00 bits per heavy atom. The third-order valence-corrected chi connectivity index (χ3v) is 7.20. The average molecular weight is 454 g/mol. The number of aryl methyl sites for hydroxylation is 1. The zero-order valence-corrected chi connectivity index (χ0v) is 18.0. The Morgan fingerprint density at radius 1 is 1.22 bits per heavy atom. The first-order valence-corrected chi connectivity index (χ1v) is 11.9. The Labute approximate surface area is 183 Å². The van der Waals surface area contributed by atoms with Crippen molar-refractivity contribution >= 4 is 43.6 Å². The minimum atomic E-state index is -2.52. The molecule has 0 unspecified atom stereocenters. The number of halogens is 1. The Morgan fingerprint density at radius 3 is 2.78 bits per heavy atom. The SMILES string of the molecule is Cc1cn2cc(NC(=O)c3ccc(N4CCS(=N)(=O)CC4)c4ccnnc34)cc(F)c2n1. The summed E-state index contributed by atoms with van der Waals surface area (Å²) in [4.78, 5) is 19.2. The fourth-order valence-electron chi connectivity index (χ4n) is 3.94. The van der Waals surface area contributed by atoms with E-state index in [1.165, 1.54) is 10.5 Å².